The van der Waals surface area contributed by atoms with Crippen molar-refractivity contribution in [2.45, 2.75) is 6.54 Å². The highest BCUT2D eigenvalue weighted by Crippen LogP contribution is 2.26. The van der Waals surface area contributed by atoms with Crippen molar-refractivity contribution in [2.24, 2.45) is 0 Å². The summed E-state index contributed by atoms with van der Waals surface area (Å²) in [6.07, 6.45) is 6.26. The maximum absolute atomic E-state index is 13.9. The molecule has 3 aromatic heterocycles. The van der Waals surface area contributed by atoms with Crippen LogP contribution in [0.3, 0.4) is 0 Å². The Labute approximate surface area is 183 Å². The second-order valence-electron chi connectivity index (χ2n) is 7.61. The minimum atomic E-state index is -0.558. The van der Waals surface area contributed by atoms with Crippen LogP contribution in [0.2, 0.25) is 0 Å². The first-order valence-corrected chi connectivity index (χ1v) is 10.3. The first kappa shape index (κ1) is 20.2. The van der Waals surface area contributed by atoms with Crippen molar-refractivity contribution in [1.29, 1.82) is 0 Å². The highest BCUT2D eigenvalue weighted by molar-refractivity contribution is 6.11. The van der Waals surface area contributed by atoms with Gasteiger partial charge >= 0.3 is 0 Å². The van der Waals surface area contributed by atoms with E-state index < -0.39 is 11.7 Å². The fourth-order valence-corrected chi connectivity index (χ4v) is 3.77. The summed E-state index contributed by atoms with van der Waals surface area (Å²) in [6.45, 7) is 4.11. The number of rotatable bonds is 5. The van der Waals surface area contributed by atoms with Crippen LogP contribution < -0.4 is 5.32 Å². The zero-order valence-electron chi connectivity index (χ0n) is 17.2. The molecule has 1 fully saturated rings. The van der Waals surface area contributed by atoms with Crippen LogP contribution in [-0.2, 0) is 11.3 Å². The average Bonchev–Trinajstić information content (AvgIpc) is 3.25. The van der Waals surface area contributed by atoms with Gasteiger partial charge in [0, 0.05) is 49.2 Å². The minimum absolute atomic E-state index is 0.00446. The number of fused-ring (bicyclic) bond motifs is 1. The number of anilines is 1. The monoisotopic (exact) mass is 432 g/mol. The first-order valence-electron chi connectivity index (χ1n) is 10.3. The number of carbonyl (C=O) groups is 1. The smallest absolute Gasteiger partial charge is 0.276 e. The first-order chi connectivity index (χ1) is 15.7. The number of amides is 1. The van der Waals surface area contributed by atoms with Gasteiger partial charge in [0.1, 0.15) is 5.82 Å². The van der Waals surface area contributed by atoms with E-state index >= 15 is 0 Å². The third-order valence-corrected chi connectivity index (χ3v) is 5.43. The topological polar surface area (TPSA) is 96.0 Å². The number of morpholine rings is 1. The van der Waals surface area contributed by atoms with E-state index in [4.69, 9.17) is 4.74 Å². The van der Waals surface area contributed by atoms with Gasteiger partial charge in [-0.15, -0.1) is 0 Å². The number of nitrogens with zero attached hydrogens (tertiary/aromatic N) is 4. The zero-order chi connectivity index (χ0) is 21.9. The number of benzene rings is 1. The summed E-state index contributed by atoms with van der Waals surface area (Å²) in [7, 11) is 0. The number of hydrogen-bond donors (Lipinski definition) is 2. The Morgan fingerprint density at radius 2 is 1.97 bits per heavy atom. The van der Waals surface area contributed by atoms with Crippen LogP contribution in [0.15, 0.2) is 55.1 Å². The fraction of sp³-hybridized carbons (Fsp3) is 0.217. The van der Waals surface area contributed by atoms with E-state index in [9.17, 15) is 9.18 Å². The summed E-state index contributed by atoms with van der Waals surface area (Å²) in [5.41, 5.74) is 3.87. The summed E-state index contributed by atoms with van der Waals surface area (Å²) in [5, 5.41) is 10.2. The van der Waals surface area contributed by atoms with E-state index in [1.165, 1.54) is 18.5 Å². The van der Waals surface area contributed by atoms with E-state index in [1.54, 1.807) is 6.20 Å². The highest BCUT2D eigenvalue weighted by Gasteiger charge is 2.17. The van der Waals surface area contributed by atoms with Crippen molar-refractivity contribution < 1.29 is 13.9 Å². The number of halogens is 1. The van der Waals surface area contributed by atoms with Crippen molar-refractivity contribution in [3.05, 3.63) is 72.2 Å². The third-order valence-electron chi connectivity index (χ3n) is 5.43. The molecule has 1 aliphatic rings. The molecule has 0 saturated carbocycles. The van der Waals surface area contributed by atoms with Gasteiger partial charge in [-0.3, -0.25) is 24.8 Å². The number of carbonyl (C=O) groups excluding carboxylic acids is 1. The molecule has 0 radical (unpaired) electrons. The van der Waals surface area contributed by atoms with E-state index in [2.05, 4.69) is 36.4 Å². The van der Waals surface area contributed by atoms with Crippen molar-refractivity contribution in [2.75, 3.05) is 31.6 Å². The summed E-state index contributed by atoms with van der Waals surface area (Å²) in [6, 6.07) is 9.01. The normalized spacial score (nSPS) is 14.5. The highest BCUT2D eigenvalue weighted by atomic mass is 19.1. The Morgan fingerprint density at radius 1 is 1.09 bits per heavy atom. The number of hydrogen-bond acceptors (Lipinski definition) is 6. The minimum Gasteiger partial charge on any atom is -0.379 e. The number of ether oxygens (including phenoxy) is 1. The largest absolute Gasteiger partial charge is 0.379 e. The van der Waals surface area contributed by atoms with Crippen LogP contribution in [-0.4, -0.2) is 57.3 Å². The molecule has 0 unspecified atom stereocenters. The molecule has 0 atom stereocenters. The molecule has 1 saturated heterocycles. The number of H-pyrrole nitrogens is 1. The summed E-state index contributed by atoms with van der Waals surface area (Å²) in [4.78, 5) is 23.3. The lowest BCUT2D eigenvalue weighted by Crippen LogP contribution is -2.35. The molecule has 2 N–H and O–H groups in total. The maximum Gasteiger partial charge on any atom is 0.276 e. The molecular weight excluding hydrogens is 411 g/mol. The Hall–Kier alpha value is -3.69. The molecule has 0 bridgehead atoms. The molecule has 9 heteroatoms. The quantitative estimate of drug-likeness (QED) is 0.503. The molecule has 1 amide bonds. The van der Waals surface area contributed by atoms with E-state index in [0.717, 1.165) is 49.5 Å². The van der Waals surface area contributed by atoms with E-state index in [1.807, 2.05) is 24.4 Å². The molecular formula is C23H21FN6O2. The van der Waals surface area contributed by atoms with Gasteiger partial charge in [-0.25, -0.2) is 4.39 Å². The van der Waals surface area contributed by atoms with Crippen LogP contribution in [0, 0.1) is 5.82 Å². The predicted octanol–water partition coefficient (Wildman–Crippen LogP) is 3.24. The second kappa shape index (κ2) is 8.81. The molecule has 162 valence electrons. The zero-order valence-corrected chi connectivity index (χ0v) is 17.2. The molecule has 0 spiro atoms. The number of pyridine rings is 2. The number of aromatic amines is 1. The summed E-state index contributed by atoms with van der Waals surface area (Å²) < 4.78 is 19.3. The Balaban J connectivity index is 1.42. The van der Waals surface area contributed by atoms with Gasteiger partial charge in [0.2, 0.25) is 0 Å². The van der Waals surface area contributed by atoms with Gasteiger partial charge in [0.05, 0.1) is 30.6 Å². The standard InChI is InChI=1S/C23H21FN6O2/c24-19-3-4-25-13-21(19)27-23(31)22-18-10-16(1-2-20(18)28-29-22)17-9-15(11-26-12-17)14-30-5-7-32-8-6-30/h1-4,9-13H,5-8,14H2,(H,27,31)(H,28,29). The van der Waals surface area contributed by atoms with Crippen molar-refractivity contribution in [3.8, 4) is 11.1 Å². The van der Waals surface area contributed by atoms with Gasteiger partial charge in [-0.05, 0) is 35.4 Å². The molecule has 4 heterocycles. The Bertz CT molecular complexity index is 1270. The molecule has 32 heavy (non-hydrogen) atoms. The van der Waals surface area contributed by atoms with Crippen LogP contribution in [0.5, 0.6) is 0 Å². The van der Waals surface area contributed by atoms with Gasteiger partial charge in [-0.1, -0.05) is 6.07 Å². The third kappa shape index (κ3) is 4.20. The Morgan fingerprint density at radius 3 is 2.81 bits per heavy atom. The van der Waals surface area contributed by atoms with Crippen LogP contribution in [0.25, 0.3) is 22.0 Å². The molecule has 0 aliphatic carbocycles. The molecule has 1 aromatic carbocycles. The maximum atomic E-state index is 13.9. The van der Waals surface area contributed by atoms with Gasteiger partial charge in [0.15, 0.2) is 5.69 Å². The van der Waals surface area contributed by atoms with Crippen LogP contribution in [0.4, 0.5) is 10.1 Å². The number of aromatic nitrogens is 4. The molecule has 5 rings (SSSR count). The van der Waals surface area contributed by atoms with E-state index in [0.29, 0.717) is 10.9 Å². The number of nitrogens with one attached hydrogen (secondary N) is 2. The average molecular weight is 432 g/mol. The lowest BCUT2D eigenvalue weighted by molar-refractivity contribution is 0.0341. The lowest BCUT2D eigenvalue weighted by Gasteiger charge is -2.26. The second-order valence-corrected chi connectivity index (χ2v) is 7.61. The fourth-order valence-electron chi connectivity index (χ4n) is 3.77. The van der Waals surface area contributed by atoms with Crippen molar-refractivity contribution in [3.63, 3.8) is 0 Å². The van der Waals surface area contributed by atoms with E-state index in [-0.39, 0.29) is 11.4 Å². The van der Waals surface area contributed by atoms with Crippen molar-refractivity contribution >= 4 is 22.5 Å². The molecule has 8 nitrogen and oxygen atoms in total. The van der Waals surface area contributed by atoms with Crippen LogP contribution >= 0.6 is 0 Å². The van der Waals surface area contributed by atoms with Gasteiger partial charge < -0.3 is 10.1 Å². The van der Waals surface area contributed by atoms with Gasteiger partial charge in [-0.2, -0.15) is 5.10 Å². The summed E-state index contributed by atoms with van der Waals surface area (Å²) in [5.74, 6) is -1.07. The van der Waals surface area contributed by atoms with Crippen molar-refractivity contribution in [1.82, 2.24) is 25.1 Å². The lowest BCUT2D eigenvalue weighted by atomic mass is 10.0. The van der Waals surface area contributed by atoms with Gasteiger partial charge in [0.25, 0.3) is 5.91 Å². The SMILES string of the molecule is O=C(Nc1cnccc1F)c1n[nH]c2ccc(-c3cncc(CN4CCOCC4)c3)cc12. The predicted molar refractivity (Wildman–Crippen MR) is 118 cm³/mol. The van der Waals surface area contributed by atoms with Crippen LogP contribution in [0.1, 0.15) is 16.1 Å². The summed E-state index contributed by atoms with van der Waals surface area (Å²) >= 11 is 0. The Kier molecular flexibility index (Phi) is 5.57. The molecule has 1 aliphatic heterocycles. The molecule has 4 aromatic rings.